The van der Waals surface area contributed by atoms with Crippen LogP contribution in [0.25, 0.3) is 16.6 Å². The molecule has 1 atom stereocenters. The number of rotatable bonds is 5. The highest BCUT2D eigenvalue weighted by Gasteiger charge is 2.31. The molecule has 30 heavy (non-hydrogen) atoms. The van der Waals surface area contributed by atoms with Crippen LogP contribution in [0.2, 0.25) is 0 Å². The molecular weight excluding hydrogens is 403 g/mol. The zero-order chi connectivity index (χ0) is 21.6. The van der Waals surface area contributed by atoms with E-state index >= 15 is 0 Å². The molecule has 3 aromatic rings. The van der Waals surface area contributed by atoms with Crippen LogP contribution >= 0.6 is 0 Å². The lowest BCUT2D eigenvalue weighted by Crippen LogP contribution is -2.17. The van der Waals surface area contributed by atoms with Crippen molar-refractivity contribution in [3.8, 4) is 11.4 Å². The average Bonchev–Trinajstić information content (AvgIpc) is 3.21. The number of nitrogens with two attached hydrogens (primary N) is 1. The lowest BCUT2D eigenvalue weighted by Gasteiger charge is -2.14. The van der Waals surface area contributed by atoms with Gasteiger partial charge in [0.05, 0.1) is 11.9 Å². The van der Waals surface area contributed by atoms with E-state index < -0.39 is 24.0 Å². The molecule has 1 amide bonds. The Labute approximate surface area is 167 Å². The number of alkyl halides is 3. The van der Waals surface area contributed by atoms with Crippen molar-refractivity contribution in [3.05, 3.63) is 53.7 Å². The van der Waals surface area contributed by atoms with Gasteiger partial charge in [-0.15, -0.1) is 13.2 Å². The number of hydrogen-bond acceptors (Lipinski definition) is 4. The third-order valence-corrected chi connectivity index (χ3v) is 4.96. The lowest BCUT2D eigenvalue weighted by atomic mass is 9.97. The van der Waals surface area contributed by atoms with Crippen molar-refractivity contribution in [2.24, 2.45) is 5.73 Å². The fraction of sp³-hybridized carbons (Fsp3) is 0.200. The van der Waals surface area contributed by atoms with Crippen LogP contribution < -0.4 is 15.8 Å². The normalized spacial score (nSPS) is 15.6. The Morgan fingerprint density at radius 2 is 1.97 bits per heavy atom. The number of anilines is 1. The summed E-state index contributed by atoms with van der Waals surface area (Å²) in [6, 6.07) is 10.3. The first-order chi connectivity index (χ1) is 14.1. The second kappa shape index (κ2) is 6.97. The molecule has 4 rings (SSSR count). The number of carboxylic acids is 1. The minimum Gasteiger partial charge on any atom is -0.481 e. The molecule has 0 radical (unpaired) electrons. The molecule has 0 fully saturated rings. The summed E-state index contributed by atoms with van der Waals surface area (Å²) in [6.45, 7) is 0.448. The molecule has 2 heterocycles. The maximum absolute atomic E-state index is 12.6. The van der Waals surface area contributed by atoms with E-state index in [1.165, 1.54) is 22.8 Å². The summed E-state index contributed by atoms with van der Waals surface area (Å²) >= 11 is 0. The lowest BCUT2D eigenvalue weighted by molar-refractivity contribution is -0.274. The van der Waals surface area contributed by atoms with Gasteiger partial charge in [-0.25, -0.2) is 0 Å². The van der Waals surface area contributed by atoms with E-state index in [1.807, 2.05) is 0 Å². The molecule has 2 aromatic carbocycles. The number of ether oxygens (including phenoxy) is 1. The quantitative estimate of drug-likeness (QED) is 0.586. The molecule has 7 nitrogen and oxygen atoms in total. The molecule has 1 unspecified atom stereocenters. The second-order valence-corrected chi connectivity index (χ2v) is 6.94. The Balaban J connectivity index is 1.87. The predicted octanol–water partition coefficient (Wildman–Crippen LogP) is 3.61. The van der Waals surface area contributed by atoms with Gasteiger partial charge in [0, 0.05) is 35.3 Å². The van der Waals surface area contributed by atoms with Crippen LogP contribution in [0.15, 0.2) is 42.5 Å². The number of primary amides is 1. The monoisotopic (exact) mass is 419 g/mol. The summed E-state index contributed by atoms with van der Waals surface area (Å²) in [5, 5.41) is 12.8. The highest BCUT2D eigenvalue weighted by atomic mass is 19.4. The smallest absolute Gasteiger partial charge is 0.481 e. The highest BCUT2D eigenvalue weighted by Crippen LogP contribution is 2.37. The van der Waals surface area contributed by atoms with Gasteiger partial charge in [0.2, 0.25) is 0 Å². The number of carbonyl (C=O) groups excluding carboxylic acids is 1. The molecule has 1 aliphatic rings. The molecular formula is C20H16F3N3O4. The van der Waals surface area contributed by atoms with Crippen molar-refractivity contribution in [2.75, 3.05) is 11.9 Å². The van der Waals surface area contributed by atoms with Crippen molar-refractivity contribution >= 4 is 28.5 Å². The van der Waals surface area contributed by atoms with Crippen molar-refractivity contribution < 1.29 is 32.6 Å². The highest BCUT2D eigenvalue weighted by molar-refractivity contribution is 5.99. The van der Waals surface area contributed by atoms with Crippen LogP contribution in [0.3, 0.4) is 0 Å². The van der Waals surface area contributed by atoms with E-state index in [0.29, 0.717) is 23.1 Å². The number of halogens is 3. The fourth-order valence-corrected chi connectivity index (χ4v) is 3.76. The molecule has 1 aromatic heterocycles. The number of aliphatic carboxylic acids is 1. The van der Waals surface area contributed by atoms with Gasteiger partial charge >= 0.3 is 12.3 Å². The first kappa shape index (κ1) is 19.6. The number of fused-ring (bicyclic) bond motifs is 2. The Morgan fingerprint density at radius 1 is 1.20 bits per heavy atom. The SMILES string of the molecule is NC(=O)c1cc2ccc(OC(F)(F)F)cc2n1-c1ccc2c(c1)C(CC(=O)O)CN2. The van der Waals surface area contributed by atoms with Gasteiger partial charge in [0.1, 0.15) is 11.4 Å². The summed E-state index contributed by atoms with van der Waals surface area (Å²) in [5.41, 5.74) is 7.86. The molecule has 0 spiro atoms. The molecule has 10 heteroatoms. The van der Waals surface area contributed by atoms with Gasteiger partial charge in [-0.1, -0.05) is 0 Å². The second-order valence-electron chi connectivity index (χ2n) is 6.94. The summed E-state index contributed by atoms with van der Waals surface area (Å²) in [5.74, 6) is -2.42. The van der Waals surface area contributed by atoms with E-state index in [-0.39, 0.29) is 18.0 Å². The van der Waals surface area contributed by atoms with Crippen molar-refractivity contribution in [1.29, 1.82) is 0 Å². The van der Waals surface area contributed by atoms with Crippen LogP contribution in [0.4, 0.5) is 18.9 Å². The number of hydrogen-bond donors (Lipinski definition) is 3. The van der Waals surface area contributed by atoms with Gasteiger partial charge in [0.15, 0.2) is 0 Å². The first-order valence-corrected chi connectivity index (χ1v) is 8.93. The Hall–Kier alpha value is -3.69. The van der Waals surface area contributed by atoms with Crippen LogP contribution in [0.5, 0.6) is 5.75 Å². The summed E-state index contributed by atoms with van der Waals surface area (Å²) in [7, 11) is 0. The molecule has 0 saturated carbocycles. The van der Waals surface area contributed by atoms with Gasteiger partial charge in [-0.3, -0.25) is 9.59 Å². The number of nitrogens with one attached hydrogen (secondary N) is 1. The van der Waals surface area contributed by atoms with Crippen LogP contribution in [0, 0.1) is 0 Å². The van der Waals surface area contributed by atoms with Crippen molar-refractivity contribution in [1.82, 2.24) is 4.57 Å². The van der Waals surface area contributed by atoms with Gasteiger partial charge in [-0.2, -0.15) is 0 Å². The number of aromatic nitrogens is 1. The molecule has 0 saturated heterocycles. The topological polar surface area (TPSA) is 107 Å². The zero-order valence-electron chi connectivity index (χ0n) is 15.4. The Kier molecular flexibility index (Phi) is 4.56. The van der Waals surface area contributed by atoms with E-state index in [0.717, 1.165) is 17.3 Å². The maximum atomic E-state index is 12.6. The van der Waals surface area contributed by atoms with Gasteiger partial charge < -0.3 is 25.5 Å². The zero-order valence-corrected chi connectivity index (χ0v) is 15.4. The predicted molar refractivity (Wildman–Crippen MR) is 102 cm³/mol. The standard InChI is InChI=1S/C20H16F3N3O4/c21-20(22,23)30-13-3-1-10-5-17(19(24)29)26(16(10)8-13)12-2-4-15-14(7-12)11(9-25-15)6-18(27)28/h1-5,7-8,11,25H,6,9H2,(H2,24,29)(H,27,28). The van der Waals surface area contributed by atoms with Gasteiger partial charge in [0.25, 0.3) is 5.91 Å². The van der Waals surface area contributed by atoms with E-state index in [9.17, 15) is 22.8 Å². The molecule has 0 bridgehead atoms. The largest absolute Gasteiger partial charge is 0.573 e. The summed E-state index contributed by atoms with van der Waals surface area (Å²) < 4.78 is 43.4. The van der Waals surface area contributed by atoms with E-state index in [1.54, 1.807) is 18.2 Å². The fourth-order valence-electron chi connectivity index (χ4n) is 3.76. The van der Waals surface area contributed by atoms with Crippen molar-refractivity contribution in [2.45, 2.75) is 18.7 Å². The summed E-state index contributed by atoms with van der Waals surface area (Å²) in [4.78, 5) is 23.2. The van der Waals surface area contributed by atoms with E-state index in [4.69, 9.17) is 10.8 Å². The Morgan fingerprint density at radius 3 is 2.63 bits per heavy atom. The summed E-state index contributed by atoms with van der Waals surface area (Å²) in [6.07, 6.45) is -4.94. The number of carbonyl (C=O) groups is 2. The number of benzene rings is 2. The number of nitrogens with zero attached hydrogens (tertiary/aromatic N) is 1. The first-order valence-electron chi connectivity index (χ1n) is 8.93. The van der Waals surface area contributed by atoms with Crippen LogP contribution in [-0.2, 0) is 4.79 Å². The average molecular weight is 419 g/mol. The van der Waals surface area contributed by atoms with E-state index in [2.05, 4.69) is 10.1 Å². The molecule has 156 valence electrons. The number of amides is 1. The molecule has 4 N–H and O–H groups in total. The van der Waals surface area contributed by atoms with Crippen molar-refractivity contribution in [3.63, 3.8) is 0 Å². The minimum absolute atomic E-state index is 0.0786. The Bertz CT molecular complexity index is 1170. The molecule has 1 aliphatic heterocycles. The van der Waals surface area contributed by atoms with Gasteiger partial charge in [-0.05, 0) is 42.0 Å². The third-order valence-electron chi connectivity index (χ3n) is 4.96. The van der Waals surface area contributed by atoms with Crippen LogP contribution in [0.1, 0.15) is 28.4 Å². The maximum Gasteiger partial charge on any atom is 0.573 e. The number of carboxylic acid groups (broad SMARTS) is 1. The third kappa shape index (κ3) is 3.63. The van der Waals surface area contributed by atoms with Crippen LogP contribution in [-0.4, -0.2) is 34.5 Å². The molecule has 0 aliphatic carbocycles. The minimum atomic E-state index is -4.86.